The number of anilines is 1. The summed E-state index contributed by atoms with van der Waals surface area (Å²) < 4.78 is 5.86. The highest BCUT2D eigenvalue weighted by Gasteiger charge is 2.36. The molecule has 1 aromatic heterocycles. The lowest BCUT2D eigenvalue weighted by Crippen LogP contribution is -2.13. The Bertz CT molecular complexity index is 675. The van der Waals surface area contributed by atoms with Gasteiger partial charge in [-0.2, -0.15) is 0 Å². The van der Waals surface area contributed by atoms with Gasteiger partial charge in [-0.1, -0.05) is 13.0 Å². The van der Waals surface area contributed by atoms with Crippen LogP contribution in [-0.2, 0) is 6.54 Å². The van der Waals surface area contributed by atoms with Crippen LogP contribution in [0.15, 0.2) is 34.7 Å². The molecule has 2 atom stereocenters. The van der Waals surface area contributed by atoms with Gasteiger partial charge in [0.05, 0.1) is 6.54 Å². The minimum absolute atomic E-state index is 0.404. The topological polar surface area (TPSA) is 68.3 Å². The van der Waals surface area contributed by atoms with E-state index >= 15 is 0 Å². The quantitative estimate of drug-likeness (QED) is 0.884. The predicted molar refractivity (Wildman–Crippen MR) is 82.3 cm³/mol. The van der Waals surface area contributed by atoms with Gasteiger partial charge in [0.25, 0.3) is 0 Å². The molecule has 4 heteroatoms. The zero-order valence-corrected chi connectivity index (χ0v) is 12.3. The average molecular weight is 284 g/mol. The molecule has 2 aromatic rings. The molecule has 1 heterocycles. The number of nitrogens with two attached hydrogens (primary N) is 1. The van der Waals surface area contributed by atoms with E-state index in [1.54, 1.807) is 6.07 Å². The summed E-state index contributed by atoms with van der Waals surface area (Å²) in [6, 6.07) is 9.59. The monoisotopic (exact) mass is 284 g/mol. The van der Waals surface area contributed by atoms with Crippen LogP contribution in [-0.4, -0.2) is 5.91 Å². The molecule has 21 heavy (non-hydrogen) atoms. The van der Waals surface area contributed by atoms with E-state index < -0.39 is 5.91 Å². The molecular formula is C17H20N2O2. The molecule has 3 rings (SSSR count). The van der Waals surface area contributed by atoms with Crippen LogP contribution in [0.4, 0.5) is 5.69 Å². The van der Waals surface area contributed by atoms with Gasteiger partial charge < -0.3 is 15.5 Å². The lowest BCUT2D eigenvalue weighted by Gasteiger charge is -2.10. The molecule has 0 aliphatic heterocycles. The van der Waals surface area contributed by atoms with Crippen LogP contribution in [0.5, 0.6) is 0 Å². The molecule has 1 aliphatic rings. The molecule has 2 unspecified atom stereocenters. The number of amides is 1. The van der Waals surface area contributed by atoms with Gasteiger partial charge in [-0.05, 0) is 49.1 Å². The number of primary amides is 1. The van der Waals surface area contributed by atoms with E-state index in [0.29, 0.717) is 18.0 Å². The molecule has 0 spiro atoms. The number of hydrogen-bond donors (Lipinski definition) is 2. The highest BCUT2D eigenvalue weighted by Crippen LogP contribution is 2.47. The fraction of sp³-hybridized carbons (Fsp3) is 0.353. The van der Waals surface area contributed by atoms with E-state index in [1.165, 1.54) is 6.42 Å². The summed E-state index contributed by atoms with van der Waals surface area (Å²) in [5, 5.41) is 3.31. The Kier molecular flexibility index (Phi) is 3.45. The standard InChI is InChI=1S/C17H20N2O2/c1-10-8-14(10)16-7-6-12(21-16)9-19-15-5-3-4-13(11(15)2)17(18)20/h3-7,10,14,19H,8-9H2,1-2H3,(H2,18,20). The Morgan fingerprint density at radius 3 is 2.81 bits per heavy atom. The van der Waals surface area contributed by atoms with Gasteiger partial charge in [0.2, 0.25) is 5.91 Å². The molecule has 1 amide bonds. The van der Waals surface area contributed by atoms with Gasteiger partial charge in [0, 0.05) is 17.2 Å². The molecule has 0 saturated heterocycles. The second kappa shape index (κ2) is 5.28. The molecular weight excluding hydrogens is 264 g/mol. The minimum atomic E-state index is -0.404. The highest BCUT2D eigenvalue weighted by molar-refractivity contribution is 5.95. The maximum atomic E-state index is 11.3. The van der Waals surface area contributed by atoms with E-state index in [9.17, 15) is 4.79 Å². The van der Waals surface area contributed by atoms with Gasteiger partial charge in [0.15, 0.2) is 0 Å². The lowest BCUT2D eigenvalue weighted by molar-refractivity contribution is 0.1000. The Hall–Kier alpha value is -2.23. The van der Waals surface area contributed by atoms with Crippen molar-refractivity contribution in [2.24, 2.45) is 11.7 Å². The predicted octanol–water partition coefficient (Wildman–Crippen LogP) is 3.42. The van der Waals surface area contributed by atoms with Crippen LogP contribution >= 0.6 is 0 Å². The molecule has 1 aliphatic carbocycles. The molecule has 0 radical (unpaired) electrons. The van der Waals surface area contributed by atoms with Crippen molar-refractivity contribution >= 4 is 11.6 Å². The first-order valence-electron chi connectivity index (χ1n) is 7.28. The summed E-state index contributed by atoms with van der Waals surface area (Å²) in [6.07, 6.45) is 1.22. The summed E-state index contributed by atoms with van der Waals surface area (Å²) in [5.41, 5.74) is 7.68. The molecule has 0 bridgehead atoms. The Morgan fingerprint density at radius 1 is 1.38 bits per heavy atom. The summed E-state index contributed by atoms with van der Waals surface area (Å²) in [6.45, 7) is 4.73. The third-order valence-corrected chi connectivity index (χ3v) is 4.21. The van der Waals surface area contributed by atoms with Crippen molar-refractivity contribution in [1.29, 1.82) is 0 Å². The second-order valence-corrected chi connectivity index (χ2v) is 5.82. The Morgan fingerprint density at radius 2 is 2.14 bits per heavy atom. The zero-order valence-electron chi connectivity index (χ0n) is 12.3. The SMILES string of the molecule is Cc1c(NCc2ccc(C3CC3C)o2)cccc1C(N)=O. The van der Waals surface area contributed by atoms with E-state index in [0.717, 1.165) is 28.7 Å². The third kappa shape index (κ3) is 2.79. The summed E-state index contributed by atoms with van der Waals surface area (Å²) in [5.74, 6) is 2.93. The van der Waals surface area contributed by atoms with E-state index in [4.69, 9.17) is 10.2 Å². The molecule has 4 nitrogen and oxygen atoms in total. The number of furan rings is 1. The zero-order chi connectivity index (χ0) is 15.0. The number of benzene rings is 1. The van der Waals surface area contributed by atoms with Crippen LogP contribution in [0.2, 0.25) is 0 Å². The van der Waals surface area contributed by atoms with Crippen LogP contribution in [0.25, 0.3) is 0 Å². The first kappa shape index (κ1) is 13.7. The number of carbonyl (C=O) groups is 1. The van der Waals surface area contributed by atoms with Crippen molar-refractivity contribution in [3.8, 4) is 0 Å². The molecule has 110 valence electrons. The molecule has 1 aromatic carbocycles. The fourth-order valence-corrected chi connectivity index (χ4v) is 2.68. The normalized spacial score (nSPS) is 20.3. The molecule has 1 fully saturated rings. The van der Waals surface area contributed by atoms with Crippen molar-refractivity contribution in [1.82, 2.24) is 0 Å². The number of nitrogens with one attached hydrogen (secondary N) is 1. The maximum Gasteiger partial charge on any atom is 0.249 e. The molecule has 1 saturated carbocycles. The van der Waals surface area contributed by atoms with Crippen molar-refractivity contribution in [2.75, 3.05) is 5.32 Å². The van der Waals surface area contributed by atoms with Gasteiger partial charge in [-0.25, -0.2) is 0 Å². The van der Waals surface area contributed by atoms with Crippen LogP contribution in [0, 0.1) is 12.8 Å². The first-order chi connectivity index (χ1) is 10.1. The smallest absolute Gasteiger partial charge is 0.249 e. The van der Waals surface area contributed by atoms with Crippen LogP contribution in [0.3, 0.4) is 0 Å². The van der Waals surface area contributed by atoms with E-state index in [-0.39, 0.29) is 0 Å². The summed E-state index contributed by atoms with van der Waals surface area (Å²) >= 11 is 0. The maximum absolute atomic E-state index is 11.3. The van der Waals surface area contributed by atoms with Crippen molar-refractivity contribution < 1.29 is 9.21 Å². The third-order valence-electron chi connectivity index (χ3n) is 4.21. The first-order valence-corrected chi connectivity index (χ1v) is 7.28. The lowest BCUT2D eigenvalue weighted by atomic mass is 10.1. The van der Waals surface area contributed by atoms with Crippen LogP contribution < -0.4 is 11.1 Å². The summed E-state index contributed by atoms with van der Waals surface area (Å²) in [7, 11) is 0. The van der Waals surface area contributed by atoms with Gasteiger partial charge >= 0.3 is 0 Å². The minimum Gasteiger partial charge on any atom is -0.464 e. The van der Waals surface area contributed by atoms with Crippen molar-refractivity contribution in [2.45, 2.75) is 32.7 Å². The Balaban J connectivity index is 1.69. The molecule has 3 N–H and O–H groups in total. The summed E-state index contributed by atoms with van der Waals surface area (Å²) in [4.78, 5) is 11.3. The highest BCUT2D eigenvalue weighted by atomic mass is 16.3. The van der Waals surface area contributed by atoms with E-state index in [1.807, 2.05) is 25.1 Å². The fourth-order valence-electron chi connectivity index (χ4n) is 2.68. The van der Waals surface area contributed by atoms with Gasteiger partial charge in [0.1, 0.15) is 11.5 Å². The van der Waals surface area contributed by atoms with Gasteiger partial charge in [-0.3, -0.25) is 4.79 Å². The van der Waals surface area contributed by atoms with Crippen LogP contribution in [0.1, 0.15) is 46.7 Å². The van der Waals surface area contributed by atoms with Crippen molar-refractivity contribution in [3.63, 3.8) is 0 Å². The number of carbonyl (C=O) groups excluding carboxylic acids is 1. The van der Waals surface area contributed by atoms with Gasteiger partial charge in [-0.15, -0.1) is 0 Å². The Labute approximate surface area is 124 Å². The number of hydrogen-bond acceptors (Lipinski definition) is 3. The average Bonchev–Trinajstić information content (AvgIpc) is 3.00. The van der Waals surface area contributed by atoms with Crippen molar-refractivity contribution in [3.05, 3.63) is 53.0 Å². The second-order valence-electron chi connectivity index (χ2n) is 5.82. The largest absolute Gasteiger partial charge is 0.464 e. The van der Waals surface area contributed by atoms with E-state index in [2.05, 4.69) is 18.3 Å². The number of rotatable bonds is 5.